The van der Waals surface area contributed by atoms with Crippen molar-refractivity contribution in [1.82, 2.24) is 20.2 Å². The Balaban J connectivity index is 1.04. The normalized spacial score (nSPS) is 30.9. The molecule has 0 radical (unpaired) electrons. The summed E-state index contributed by atoms with van der Waals surface area (Å²) >= 11 is 0. The molecule has 2 heterocycles. The van der Waals surface area contributed by atoms with Crippen molar-refractivity contribution in [2.45, 2.75) is 50.6 Å². The quantitative estimate of drug-likeness (QED) is 0.729. The second-order valence-corrected chi connectivity index (χ2v) is 10.8. The monoisotopic (exact) mass is 446 g/mol. The number of aromatic nitrogens is 2. The number of nitrogens with one attached hydrogen (secondary N) is 2. The van der Waals surface area contributed by atoms with Gasteiger partial charge in [-0.1, -0.05) is 30.3 Å². The van der Waals surface area contributed by atoms with E-state index >= 15 is 0 Å². The van der Waals surface area contributed by atoms with Crippen LogP contribution in [0.5, 0.6) is 0 Å². The van der Waals surface area contributed by atoms with Crippen LogP contribution in [0, 0.1) is 17.8 Å². The maximum atomic E-state index is 12.9. The molecule has 174 valence electrons. The number of hydrogen-bond acceptors (Lipinski definition) is 5. The van der Waals surface area contributed by atoms with Crippen molar-refractivity contribution < 1.29 is 4.79 Å². The Bertz CT molecular complexity index is 952. The van der Waals surface area contributed by atoms with Gasteiger partial charge in [0.1, 0.15) is 18.0 Å². The van der Waals surface area contributed by atoms with Gasteiger partial charge in [-0.25, -0.2) is 14.8 Å². The van der Waals surface area contributed by atoms with Gasteiger partial charge >= 0.3 is 6.03 Å². The number of anilines is 2. The summed E-state index contributed by atoms with van der Waals surface area (Å²) < 4.78 is 0. The summed E-state index contributed by atoms with van der Waals surface area (Å²) in [5.41, 5.74) is 1.36. The molecule has 1 saturated heterocycles. The Hall–Kier alpha value is -2.67. The first kappa shape index (κ1) is 20.9. The minimum Gasteiger partial charge on any atom is -0.354 e. The van der Waals surface area contributed by atoms with Gasteiger partial charge in [-0.05, 0) is 61.8 Å². The lowest BCUT2D eigenvalue weighted by molar-refractivity contribution is -0.0127. The number of nitrogens with zero attached hydrogens (tertiary/aromatic N) is 4. The predicted octanol–water partition coefficient (Wildman–Crippen LogP) is 3.89. The van der Waals surface area contributed by atoms with Gasteiger partial charge < -0.3 is 10.2 Å². The molecule has 4 saturated carbocycles. The van der Waals surface area contributed by atoms with Crippen molar-refractivity contribution in [3.05, 3.63) is 48.3 Å². The van der Waals surface area contributed by atoms with E-state index in [0.29, 0.717) is 5.82 Å². The Labute approximate surface area is 196 Å². The fourth-order valence-corrected chi connectivity index (χ4v) is 7.22. The third kappa shape index (κ3) is 4.56. The standard InChI is InChI=1S/C26H34N6O/c33-25(30-26-14-20-10-21(15-26)12-22(11-20)16-26)29-23-13-24(28-18-27-23)32-8-6-31(7-9-32)17-19-4-2-1-3-5-19/h1-5,13,18,20-22H,6-12,14-17H2,(H2,27,28,29,30,33). The van der Waals surface area contributed by atoms with Gasteiger partial charge in [-0.3, -0.25) is 10.2 Å². The molecule has 5 aliphatic rings. The summed E-state index contributed by atoms with van der Waals surface area (Å²) in [7, 11) is 0. The van der Waals surface area contributed by atoms with E-state index in [1.54, 1.807) is 6.33 Å². The van der Waals surface area contributed by atoms with Crippen LogP contribution in [0.15, 0.2) is 42.7 Å². The molecule has 0 atom stereocenters. The highest BCUT2D eigenvalue weighted by Crippen LogP contribution is 2.55. The summed E-state index contributed by atoms with van der Waals surface area (Å²) in [6.45, 7) is 4.81. The van der Waals surface area contributed by atoms with Gasteiger partial charge in [0.2, 0.25) is 0 Å². The Morgan fingerprint density at radius 3 is 2.27 bits per heavy atom. The second kappa shape index (κ2) is 8.60. The van der Waals surface area contributed by atoms with Crippen LogP contribution in [0.1, 0.15) is 44.1 Å². The molecular weight excluding hydrogens is 412 g/mol. The molecule has 5 fully saturated rings. The van der Waals surface area contributed by atoms with E-state index in [1.165, 1.54) is 24.8 Å². The molecule has 0 spiro atoms. The zero-order valence-corrected chi connectivity index (χ0v) is 19.2. The van der Waals surface area contributed by atoms with Crippen LogP contribution in [-0.4, -0.2) is 52.6 Å². The van der Waals surface area contributed by atoms with Crippen molar-refractivity contribution in [2.75, 3.05) is 36.4 Å². The van der Waals surface area contributed by atoms with Crippen molar-refractivity contribution >= 4 is 17.7 Å². The fourth-order valence-electron chi connectivity index (χ4n) is 7.22. The molecule has 4 aliphatic carbocycles. The number of carbonyl (C=O) groups is 1. The lowest BCUT2D eigenvalue weighted by atomic mass is 9.53. The minimum atomic E-state index is -0.116. The molecule has 2 N–H and O–H groups in total. The molecule has 1 aliphatic heterocycles. The number of rotatable bonds is 5. The lowest BCUT2D eigenvalue weighted by Gasteiger charge is -2.56. The SMILES string of the molecule is O=C(Nc1cc(N2CCN(Cc3ccccc3)CC2)ncn1)NC12CC3CC(CC(C3)C1)C2. The number of urea groups is 1. The molecule has 7 rings (SSSR count). The van der Waals surface area contributed by atoms with Crippen LogP contribution >= 0.6 is 0 Å². The average Bonchev–Trinajstić information content (AvgIpc) is 2.79. The van der Waals surface area contributed by atoms with Crippen molar-refractivity contribution in [2.24, 2.45) is 17.8 Å². The first-order valence-corrected chi connectivity index (χ1v) is 12.5. The maximum Gasteiger partial charge on any atom is 0.320 e. The molecule has 0 unspecified atom stereocenters. The van der Waals surface area contributed by atoms with Gasteiger partial charge in [-0.2, -0.15) is 0 Å². The Morgan fingerprint density at radius 1 is 0.939 bits per heavy atom. The highest BCUT2D eigenvalue weighted by atomic mass is 16.2. The van der Waals surface area contributed by atoms with E-state index in [4.69, 9.17) is 0 Å². The van der Waals surface area contributed by atoms with E-state index in [0.717, 1.165) is 75.6 Å². The largest absolute Gasteiger partial charge is 0.354 e. The van der Waals surface area contributed by atoms with Gasteiger partial charge in [0.25, 0.3) is 0 Å². The third-order valence-electron chi connectivity index (χ3n) is 8.26. The number of amides is 2. The zero-order chi connectivity index (χ0) is 22.3. The number of hydrogen-bond donors (Lipinski definition) is 2. The van der Waals surface area contributed by atoms with Crippen molar-refractivity contribution in [3.63, 3.8) is 0 Å². The van der Waals surface area contributed by atoms with E-state index in [1.807, 2.05) is 6.07 Å². The third-order valence-corrected chi connectivity index (χ3v) is 8.26. The molecule has 2 aromatic rings. The topological polar surface area (TPSA) is 73.4 Å². The lowest BCUT2D eigenvalue weighted by Crippen LogP contribution is -2.60. The van der Waals surface area contributed by atoms with Crippen LogP contribution in [0.2, 0.25) is 0 Å². The molecule has 1 aromatic heterocycles. The van der Waals surface area contributed by atoms with Crippen molar-refractivity contribution in [1.29, 1.82) is 0 Å². The van der Waals surface area contributed by atoms with Crippen LogP contribution < -0.4 is 15.5 Å². The molecule has 2 amide bonds. The predicted molar refractivity (Wildman–Crippen MR) is 129 cm³/mol. The highest BCUT2D eigenvalue weighted by molar-refractivity contribution is 5.89. The van der Waals surface area contributed by atoms with E-state index in [-0.39, 0.29) is 11.6 Å². The minimum absolute atomic E-state index is 0.00375. The first-order chi connectivity index (χ1) is 16.1. The summed E-state index contributed by atoms with van der Waals surface area (Å²) in [4.78, 5) is 26.5. The van der Waals surface area contributed by atoms with Crippen LogP contribution in [0.25, 0.3) is 0 Å². The van der Waals surface area contributed by atoms with Gasteiger partial charge in [0, 0.05) is 44.3 Å². The number of benzene rings is 1. The fraction of sp³-hybridized carbons (Fsp3) is 0.577. The van der Waals surface area contributed by atoms with E-state index < -0.39 is 0 Å². The van der Waals surface area contributed by atoms with E-state index in [2.05, 4.69) is 60.7 Å². The van der Waals surface area contributed by atoms with Gasteiger partial charge in [-0.15, -0.1) is 0 Å². The molecular formula is C26H34N6O. The van der Waals surface area contributed by atoms with Gasteiger partial charge in [0.05, 0.1) is 0 Å². The van der Waals surface area contributed by atoms with E-state index in [9.17, 15) is 4.79 Å². The molecule has 33 heavy (non-hydrogen) atoms. The first-order valence-electron chi connectivity index (χ1n) is 12.5. The summed E-state index contributed by atoms with van der Waals surface area (Å²) in [5, 5.41) is 6.37. The molecule has 1 aromatic carbocycles. The number of carbonyl (C=O) groups excluding carboxylic acids is 1. The van der Waals surface area contributed by atoms with Crippen LogP contribution in [-0.2, 0) is 6.54 Å². The number of piperazine rings is 1. The maximum absolute atomic E-state index is 12.9. The zero-order valence-electron chi connectivity index (χ0n) is 19.2. The molecule has 7 nitrogen and oxygen atoms in total. The smallest absolute Gasteiger partial charge is 0.320 e. The Morgan fingerprint density at radius 2 is 1.61 bits per heavy atom. The highest BCUT2D eigenvalue weighted by Gasteiger charge is 2.51. The van der Waals surface area contributed by atoms with Gasteiger partial charge in [0.15, 0.2) is 0 Å². The van der Waals surface area contributed by atoms with Crippen molar-refractivity contribution in [3.8, 4) is 0 Å². The summed E-state index contributed by atoms with van der Waals surface area (Å²) in [6.07, 6.45) is 9.12. The summed E-state index contributed by atoms with van der Waals surface area (Å²) in [6, 6.07) is 12.4. The second-order valence-electron chi connectivity index (χ2n) is 10.8. The van der Waals surface area contributed by atoms with Crippen LogP contribution in [0.3, 0.4) is 0 Å². The molecule has 4 bridgehead atoms. The molecule has 7 heteroatoms. The Kier molecular flexibility index (Phi) is 5.45. The summed E-state index contributed by atoms with van der Waals surface area (Å²) in [5.74, 6) is 3.89. The van der Waals surface area contributed by atoms with Crippen LogP contribution in [0.4, 0.5) is 16.4 Å². The average molecular weight is 447 g/mol.